The Morgan fingerprint density at radius 3 is 2.64 bits per heavy atom. The van der Waals surface area contributed by atoms with Crippen molar-refractivity contribution in [1.82, 2.24) is 4.98 Å². The lowest BCUT2D eigenvalue weighted by molar-refractivity contribution is 0.103. The lowest BCUT2D eigenvalue weighted by Crippen LogP contribution is -2.10. The summed E-state index contributed by atoms with van der Waals surface area (Å²) in [7, 11) is 1.58. The van der Waals surface area contributed by atoms with Crippen molar-refractivity contribution >= 4 is 22.9 Å². The zero-order valence-corrected chi connectivity index (χ0v) is 12.8. The number of pyridine rings is 1. The van der Waals surface area contributed by atoms with Crippen molar-refractivity contribution in [2.75, 3.05) is 12.4 Å². The van der Waals surface area contributed by atoms with Crippen LogP contribution in [0.4, 0.5) is 5.69 Å². The van der Waals surface area contributed by atoms with Gasteiger partial charge in [-0.05, 0) is 42.0 Å². The molecule has 1 N–H and O–H groups in total. The first kappa shape index (κ1) is 14.3. The van der Waals surface area contributed by atoms with Crippen LogP contribution in [0.3, 0.4) is 0 Å². The molecule has 0 aliphatic rings. The van der Waals surface area contributed by atoms with Crippen LogP contribution in [0.1, 0.15) is 9.67 Å². The minimum Gasteiger partial charge on any atom is -0.495 e. The van der Waals surface area contributed by atoms with Gasteiger partial charge in [-0.15, -0.1) is 11.3 Å². The molecule has 4 nitrogen and oxygen atoms in total. The molecule has 3 aromatic rings. The molecule has 0 atom stereocenters. The van der Waals surface area contributed by atoms with Crippen LogP contribution < -0.4 is 10.1 Å². The number of benzene rings is 1. The summed E-state index contributed by atoms with van der Waals surface area (Å²) in [5.74, 6) is 0.497. The summed E-state index contributed by atoms with van der Waals surface area (Å²) in [6, 6.07) is 15.0. The van der Waals surface area contributed by atoms with Crippen LogP contribution >= 0.6 is 11.3 Å². The third kappa shape index (κ3) is 2.99. The number of aromatic nitrogens is 1. The fourth-order valence-electron chi connectivity index (χ4n) is 2.06. The first-order valence-corrected chi connectivity index (χ1v) is 7.54. The van der Waals surface area contributed by atoms with Crippen LogP contribution in [-0.4, -0.2) is 18.0 Å². The van der Waals surface area contributed by atoms with Gasteiger partial charge >= 0.3 is 0 Å². The fourth-order valence-corrected chi connectivity index (χ4v) is 2.97. The zero-order valence-electron chi connectivity index (χ0n) is 11.9. The quantitative estimate of drug-likeness (QED) is 0.790. The number of para-hydroxylation sites is 2. The van der Waals surface area contributed by atoms with Crippen LogP contribution in [0.25, 0.3) is 10.4 Å². The van der Waals surface area contributed by atoms with Gasteiger partial charge < -0.3 is 10.1 Å². The van der Waals surface area contributed by atoms with Crippen molar-refractivity contribution < 1.29 is 9.53 Å². The topological polar surface area (TPSA) is 51.2 Å². The van der Waals surface area contributed by atoms with Crippen molar-refractivity contribution in [3.05, 3.63) is 65.8 Å². The number of methoxy groups -OCH3 is 1. The summed E-state index contributed by atoms with van der Waals surface area (Å²) in [6.45, 7) is 0. The molecule has 2 aromatic heterocycles. The average Bonchev–Trinajstić information content (AvgIpc) is 3.06. The monoisotopic (exact) mass is 310 g/mol. The first-order chi connectivity index (χ1) is 10.8. The standard InChI is InChI=1S/C17H14N2O2S/c1-21-14-5-3-2-4-13(14)19-17(20)16-7-6-15(22-16)12-8-10-18-11-9-12/h2-11H,1H3,(H,19,20). The second-order valence-corrected chi connectivity index (χ2v) is 5.64. The smallest absolute Gasteiger partial charge is 0.265 e. The van der Waals surface area contributed by atoms with Gasteiger partial charge in [0.05, 0.1) is 17.7 Å². The van der Waals surface area contributed by atoms with Crippen molar-refractivity contribution in [3.8, 4) is 16.2 Å². The zero-order chi connectivity index (χ0) is 15.4. The lowest BCUT2D eigenvalue weighted by Gasteiger charge is -2.08. The van der Waals surface area contributed by atoms with Gasteiger partial charge in [-0.25, -0.2) is 0 Å². The molecule has 0 spiro atoms. The Hall–Kier alpha value is -2.66. The van der Waals surface area contributed by atoms with E-state index < -0.39 is 0 Å². The molecule has 1 amide bonds. The van der Waals surface area contributed by atoms with Gasteiger partial charge in [0.15, 0.2) is 0 Å². The number of nitrogens with zero attached hydrogens (tertiary/aromatic N) is 1. The normalized spacial score (nSPS) is 10.2. The van der Waals surface area contributed by atoms with E-state index in [-0.39, 0.29) is 5.91 Å². The van der Waals surface area contributed by atoms with Gasteiger partial charge in [-0.1, -0.05) is 12.1 Å². The van der Waals surface area contributed by atoms with Gasteiger partial charge in [0.25, 0.3) is 5.91 Å². The summed E-state index contributed by atoms with van der Waals surface area (Å²) < 4.78 is 5.24. The molecule has 0 saturated carbocycles. The number of hydrogen-bond donors (Lipinski definition) is 1. The Morgan fingerprint density at radius 2 is 1.86 bits per heavy atom. The van der Waals surface area contributed by atoms with Crippen molar-refractivity contribution in [3.63, 3.8) is 0 Å². The van der Waals surface area contributed by atoms with E-state index in [1.807, 2.05) is 48.5 Å². The molecule has 0 saturated heterocycles. The van der Waals surface area contributed by atoms with Crippen LogP contribution in [-0.2, 0) is 0 Å². The summed E-state index contributed by atoms with van der Waals surface area (Å²) in [5.41, 5.74) is 1.71. The van der Waals surface area contributed by atoms with Gasteiger partial charge in [-0.3, -0.25) is 9.78 Å². The molecular weight excluding hydrogens is 296 g/mol. The predicted octanol–water partition coefficient (Wildman–Crippen LogP) is 4.07. The highest BCUT2D eigenvalue weighted by atomic mass is 32.1. The van der Waals surface area contributed by atoms with Gasteiger partial charge in [0.2, 0.25) is 0 Å². The predicted molar refractivity (Wildman–Crippen MR) is 88.5 cm³/mol. The van der Waals surface area contributed by atoms with E-state index in [1.54, 1.807) is 19.5 Å². The minimum atomic E-state index is -0.144. The van der Waals surface area contributed by atoms with Crippen LogP contribution in [0.15, 0.2) is 60.9 Å². The Balaban J connectivity index is 1.80. The number of nitrogens with one attached hydrogen (secondary N) is 1. The molecule has 0 fully saturated rings. The van der Waals surface area contributed by atoms with E-state index in [0.29, 0.717) is 16.3 Å². The largest absolute Gasteiger partial charge is 0.495 e. The number of ether oxygens (including phenoxy) is 1. The molecule has 0 bridgehead atoms. The van der Waals surface area contributed by atoms with Crippen LogP contribution in [0.2, 0.25) is 0 Å². The molecule has 0 radical (unpaired) electrons. The summed E-state index contributed by atoms with van der Waals surface area (Å²) in [6.07, 6.45) is 3.48. The number of rotatable bonds is 4. The Labute approximate surface area is 132 Å². The van der Waals surface area contributed by atoms with E-state index in [9.17, 15) is 4.79 Å². The van der Waals surface area contributed by atoms with Crippen molar-refractivity contribution in [1.29, 1.82) is 0 Å². The number of carbonyl (C=O) groups is 1. The molecule has 3 rings (SSSR count). The maximum absolute atomic E-state index is 12.4. The van der Waals surface area contributed by atoms with E-state index in [0.717, 1.165) is 10.4 Å². The highest BCUT2D eigenvalue weighted by Gasteiger charge is 2.12. The number of amides is 1. The summed E-state index contributed by atoms with van der Waals surface area (Å²) >= 11 is 1.45. The van der Waals surface area contributed by atoms with E-state index in [1.165, 1.54) is 11.3 Å². The minimum absolute atomic E-state index is 0.144. The molecule has 0 unspecified atom stereocenters. The van der Waals surface area contributed by atoms with E-state index in [2.05, 4.69) is 10.3 Å². The molecule has 0 aliphatic heterocycles. The summed E-state index contributed by atoms with van der Waals surface area (Å²) in [5, 5.41) is 2.88. The Kier molecular flexibility index (Phi) is 4.16. The maximum Gasteiger partial charge on any atom is 0.265 e. The molecule has 22 heavy (non-hydrogen) atoms. The Morgan fingerprint density at radius 1 is 1.09 bits per heavy atom. The Bertz CT molecular complexity index is 784. The average molecular weight is 310 g/mol. The molecule has 1 aromatic carbocycles. The number of thiophene rings is 1. The number of carbonyl (C=O) groups excluding carboxylic acids is 1. The lowest BCUT2D eigenvalue weighted by atomic mass is 10.2. The molecule has 2 heterocycles. The highest BCUT2D eigenvalue weighted by Crippen LogP contribution is 2.29. The third-order valence-electron chi connectivity index (χ3n) is 3.15. The SMILES string of the molecule is COc1ccccc1NC(=O)c1ccc(-c2ccncc2)s1. The van der Waals surface area contributed by atoms with E-state index in [4.69, 9.17) is 4.74 Å². The van der Waals surface area contributed by atoms with Crippen molar-refractivity contribution in [2.45, 2.75) is 0 Å². The van der Waals surface area contributed by atoms with Crippen LogP contribution in [0.5, 0.6) is 5.75 Å². The van der Waals surface area contributed by atoms with Gasteiger partial charge in [0, 0.05) is 17.3 Å². The highest BCUT2D eigenvalue weighted by molar-refractivity contribution is 7.17. The maximum atomic E-state index is 12.4. The van der Waals surface area contributed by atoms with Gasteiger partial charge in [-0.2, -0.15) is 0 Å². The molecule has 110 valence electrons. The molecular formula is C17H14N2O2S. The third-order valence-corrected chi connectivity index (χ3v) is 4.28. The number of hydrogen-bond acceptors (Lipinski definition) is 4. The van der Waals surface area contributed by atoms with Crippen LogP contribution in [0, 0.1) is 0 Å². The second kappa shape index (κ2) is 6.41. The fraction of sp³-hybridized carbons (Fsp3) is 0.0588. The van der Waals surface area contributed by atoms with Crippen molar-refractivity contribution in [2.24, 2.45) is 0 Å². The van der Waals surface area contributed by atoms with Gasteiger partial charge in [0.1, 0.15) is 5.75 Å². The number of anilines is 1. The summed E-state index contributed by atoms with van der Waals surface area (Å²) in [4.78, 5) is 18.0. The second-order valence-electron chi connectivity index (χ2n) is 4.55. The van der Waals surface area contributed by atoms with E-state index >= 15 is 0 Å². The first-order valence-electron chi connectivity index (χ1n) is 6.72. The molecule has 5 heteroatoms. The molecule has 0 aliphatic carbocycles.